The van der Waals surface area contributed by atoms with Crippen molar-refractivity contribution in [3.05, 3.63) is 94.5 Å². The second-order valence-electron chi connectivity index (χ2n) is 9.00. The third kappa shape index (κ3) is 4.67. The molecule has 2 heterocycles. The molecule has 9 nitrogen and oxygen atoms in total. The maximum Gasteiger partial charge on any atom is 0.335 e. The van der Waals surface area contributed by atoms with Crippen molar-refractivity contribution in [1.29, 1.82) is 0 Å². The molecule has 1 fully saturated rings. The molecule has 6 rings (SSSR count). The first kappa shape index (κ1) is 25.3. The summed E-state index contributed by atoms with van der Waals surface area (Å²) in [6, 6.07) is 20.9. The number of methoxy groups -OCH3 is 1. The Morgan fingerprint density at radius 1 is 0.950 bits per heavy atom. The number of hydrogen-bond acceptors (Lipinski definition) is 7. The van der Waals surface area contributed by atoms with Gasteiger partial charge in [-0.05, 0) is 58.3 Å². The van der Waals surface area contributed by atoms with E-state index in [0.29, 0.717) is 28.6 Å². The summed E-state index contributed by atoms with van der Waals surface area (Å²) >= 11 is 6.56. The lowest BCUT2D eigenvalue weighted by molar-refractivity contribution is -0.122. The number of carbonyl (C=O) groups is 3. The zero-order valence-corrected chi connectivity index (χ0v) is 21.9. The standard InChI is InChI=1S/C30H21ClN2O7/c1-37-26-13-18(12-23(31)27(26)38-15-17-6-7-19-4-2-3-5-20(19)10-17)11-22-28(34)32-30(36)33(29(22)35)21-8-9-24-25(14-21)40-16-39-24/h2-14H,15-16H2,1H3,(H,32,34,36)/b22-11+. The molecule has 40 heavy (non-hydrogen) atoms. The van der Waals surface area contributed by atoms with Crippen molar-refractivity contribution >= 4 is 52.0 Å². The molecule has 1 N–H and O–H groups in total. The summed E-state index contributed by atoms with van der Waals surface area (Å²) in [5.41, 5.74) is 1.30. The van der Waals surface area contributed by atoms with Crippen molar-refractivity contribution in [2.24, 2.45) is 0 Å². The molecule has 0 radical (unpaired) electrons. The topological polar surface area (TPSA) is 103 Å². The smallest absolute Gasteiger partial charge is 0.335 e. The van der Waals surface area contributed by atoms with Gasteiger partial charge in [0.2, 0.25) is 6.79 Å². The van der Waals surface area contributed by atoms with Crippen molar-refractivity contribution in [3.63, 3.8) is 0 Å². The molecule has 0 aliphatic carbocycles. The fraction of sp³-hybridized carbons (Fsp3) is 0.100. The molecule has 0 unspecified atom stereocenters. The Bertz CT molecular complexity index is 1730. The Kier molecular flexibility index (Phi) is 6.49. The van der Waals surface area contributed by atoms with Gasteiger partial charge in [-0.25, -0.2) is 9.69 Å². The molecule has 1 saturated heterocycles. The molecule has 2 aliphatic rings. The number of hydrogen-bond donors (Lipinski definition) is 1. The third-order valence-electron chi connectivity index (χ3n) is 6.48. The van der Waals surface area contributed by atoms with Gasteiger partial charge < -0.3 is 18.9 Å². The van der Waals surface area contributed by atoms with E-state index in [-0.39, 0.29) is 29.7 Å². The zero-order chi connectivity index (χ0) is 27.8. The molecule has 4 amide bonds. The Morgan fingerprint density at radius 3 is 2.58 bits per heavy atom. The molecule has 0 spiro atoms. The highest BCUT2D eigenvalue weighted by atomic mass is 35.5. The summed E-state index contributed by atoms with van der Waals surface area (Å²) in [6.45, 7) is 0.280. The highest BCUT2D eigenvalue weighted by Gasteiger charge is 2.37. The SMILES string of the molecule is COc1cc(/C=C2\C(=O)NC(=O)N(c3ccc4c(c3)OCO4)C2=O)cc(Cl)c1OCc1ccc2ccccc2c1. The second kappa shape index (κ2) is 10.3. The molecular weight excluding hydrogens is 536 g/mol. The first-order valence-corrected chi connectivity index (χ1v) is 12.6. The highest BCUT2D eigenvalue weighted by Crippen LogP contribution is 2.39. The van der Waals surface area contributed by atoms with Crippen molar-refractivity contribution in [2.75, 3.05) is 18.8 Å². The van der Waals surface area contributed by atoms with Crippen LogP contribution in [0.3, 0.4) is 0 Å². The Labute approximate surface area is 233 Å². The molecule has 2 aliphatic heterocycles. The van der Waals surface area contributed by atoms with Gasteiger partial charge in [0.15, 0.2) is 23.0 Å². The van der Waals surface area contributed by atoms with Gasteiger partial charge >= 0.3 is 6.03 Å². The summed E-state index contributed by atoms with van der Waals surface area (Å²) in [4.78, 5) is 39.4. The van der Waals surface area contributed by atoms with Crippen LogP contribution in [0.2, 0.25) is 5.02 Å². The van der Waals surface area contributed by atoms with Gasteiger partial charge in [-0.2, -0.15) is 0 Å². The molecule has 0 bridgehead atoms. The van der Waals surface area contributed by atoms with Gasteiger partial charge in [0.25, 0.3) is 11.8 Å². The third-order valence-corrected chi connectivity index (χ3v) is 6.76. The fourth-order valence-corrected chi connectivity index (χ4v) is 4.80. The molecule has 0 atom stereocenters. The number of amides is 4. The van der Waals surface area contributed by atoms with Gasteiger partial charge in [0, 0.05) is 6.07 Å². The minimum absolute atomic E-state index is 0.0348. The van der Waals surface area contributed by atoms with Crippen LogP contribution in [0.4, 0.5) is 10.5 Å². The first-order valence-electron chi connectivity index (χ1n) is 12.2. The number of ether oxygens (including phenoxy) is 4. The Hall–Kier alpha value is -5.02. The van der Waals surface area contributed by atoms with Crippen LogP contribution in [0, 0.1) is 0 Å². The van der Waals surface area contributed by atoms with Crippen LogP contribution >= 0.6 is 11.6 Å². The fourth-order valence-electron chi connectivity index (χ4n) is 4.53. The van der Waals surface area contributed by atoms with Gasteiger partial charge in [0.05, 0.1) is 17.8 Å². The largest absolute Gasteiger partial charge is 0.493 e. The molecular formula is C30H21ClN2O7. The molecule has 0 saturated carbocycles. The van der Waals surface area contributed by atoms with E-state index in [4.69, 9.17) is 30.5 Å². The summed E-state index contributed by atoms with van der Waals surface area (Å²) in [5, 5.41) is 4.64. The van der Waals surface area contributed by atoms with Crippen molar-refractivity contribution in [1.82, 2.24) is 5.32 Å². The van der Waals surface area contributed by atoms with Crippen LogP contribution in [0.25, 0.3) is 16.8 Å². The molecule has 200 valence electrons. The number of benzene rings is 4. The van der Waals surface area contributed by atoms with Crippen LogP contribution in [-0.4, -0.2) is 31.7 Å². The van der Waals surface area contributed by atoms with Gasteiger partial charge in [-0.3, -0.25) is 14.9 Å². The monoisotopic (exact) mass is 556 g/mol. The van der Waals surface area contributed by atoms with Crippen molar-refractivity contribution < 1.29 is 33.3 Å². The Morgan fingerprint density at radius 2 is 1.75 bits per heavy atom. The summed E-state index contributed by atoms with van der Waals surface area (Å²) in [6.07, 6.45) is 1.34. The number of nitrogens with one attached hydrogen (secondary N) is 1. The van der Waals surface area contributed by atoms with E-state index in [0.717, 1.165) is 21.2 Å². The van der Waals surface area contributed by atoms with E-state index in [1.54, 1.807) is 18.2 Å². The number of imide groups is 2. The first-order chi connectivity index (χ1) is 19.4. The van der Waals surface area contributed by atoms with E-state index in [1.165, 1.54) is 25.3 Å². The van der Waals surface area contributed by atoms with Crippen molar-refractivity contribution in [2.45, 2.75) is 6.61 Å². The van der Waals surface area contributed by atoms with E-state index < -0.39 is 17.8 Å². The van der Waals surface area contributed by atoms with Crippen LogP contribution < -0.4 is 29.2 Å². The molecule has 4 aromatic rings. The number of barbiturate groups is 1. The lowest BCUT2D eigenvalue weighted by atomic mass is 10.1. The maximum atomic E-state index is 13.3. The van der Waals surface area contributed by atoms with E-state index >= 15 is 0 Å². The zero-order valence-electron chi connectivity index (χ0n) is 21.1. The van der Waals surface area contributed by atoms with Crippen LogP contribution in [0.5, 0.6) is 23.0 Å². The number of halogens is 1. The van der Waals surface area contributed by atoms with E-state index in [2.05, 4.69) is 5.32 Å². The van der Waals surface area contributed by atoms with Gasteiger partial charge in [-0.1, -0.05) is 48.0 Å². The number of rotatable bonds is 6. The lowest BCUT2D eigenvalue weighted by Crippen LogP contribution is -2.54. The number of carbonyl (C=O) groups excluding carboxylic acids is 3. The van der Waals surface area contributed by atoms with Crippen molar-refractivity contribution in [3.8, 4) is 23.0 Å². The summed E-state index contributed by atoms with van der Waals surface area (Å²) in [5.74, 6) is -0.136. The number of nitrogens with zero attached hydrogens (tertiary/aromatic N) is 1. The van der Waals surface area contributed by atoms with Crippen LogP contribution in [0.15, 0.2) is 78.4 Å². The number of urea groups is 1. The molecule has 4 aromatic carbocycles. The van der Waals surface area contributed by atoms with Gasteiger partial charge in [0.1, 0.15) is 12.2 Å². The summed E-state index contributed by atoms with van der Waals surface area (Å²) in [7, 11) is 1.46. The maximum absolute atomic E-state index is 13.3. The number of anilines is 1. The van der Waals surface area contributed by atoms with E-state index in [9.17, 15) is 14.4 Å². The van der Waals surface area contributed by atoms with Gasteiger partial charge in [-0.15, -0.1) is 0 Å². The molecule has 10 heteroatoms. The second-order valence-corrected chi connectivity index (χ2v) is 9.41. The quantitative estimate of drug-likeness (QED) is 0.248. The predicted molar refractivity (Wildman–Crippen MR) is 148 cm³/mol. The normalized spacial score (nSPS) is 15.5. The predicted octanol–water partition coefficient (Wildman–Crippen LogP) is 5.48. The summed E-state index contributed by atoms with van der Waals surface area (Å²) < 4.78 is 22.1. The number of fused-ring (bicyclic) bond motifs is 2. The van der Waals surface area contributed by atoms with E-state index in [1.807, 2.05) is 42.5 Å². The lowest BCUT2D eigenvalue weighted by Gasteiger charge is -2.26. The minimum Gasteiger partial charge on any atom is -0.493 e. The van der Waals surface area contributed by atoms with Crippen LogP contribution in [-0.2, 0) is 16.2 Å². The average Bonchev–Trinajstić information content (AvgIpc) is 3.42. The highest BCUT2D eigenvalue weighted by molar-refractivity contribution is 6.39. The Balaban J connectivity index is 1.27. The van der Waals surface area contributed by atoms with Crippen LogP contribution in [0.1, 0.15) is 11.1 Å². The molecule has 0 aromatic heterocycles. The minimum atomic E-state index is -0.876. The average molecular weight is 557 g/mol.